The molecule has 0 bridgehead atoms. The van der Waals surface area contributed by atoms with E-state index in [1.165, 1.54) is 32.1 Å². The van der Waals surface area contributed by atoms with Gasteiger partial charge in [0.1, 0.15) is 6.07 Å². The Morgan fingerprint density at radius 2 is 2.04 bits per heavy atom. The lowest BCUT2D eigenvalue weighted by molar-refractivity contribution is 0.101. The Labute approximate surface area is 139 Å². The molecule has 23 heavy (non-hydrogen) atoms. The van der Waals surface area contributed by atoms with Gasteiger partial charge in [0.15, 0.2) is 5.78 Å². The molecule has 1 aliphatic rings. The highest BCUT2D eigenvalue weighted by atomic mass is 16.1. The van der Waals surface area contributed by atoms with Crippen LogP contribution in [0, 0.1) is 17.2 Å². The summed E-state index contributed by atoms with van der Waals surface area (Å²) >= 11 is 0. The van der Waals surface area contributed by atoms with Crippen molar-refractivity contribution in [3.8, 4) is 6.07 Å². The maximum atomic E-state index is 11.6. The fourth-order valence-corrected chi connectivity index (χ4v) is 3.51. The van der Waals surface area contributed by atoms with Gasteiger partial charge >= 0.3 is 0 Å². The van der Waals surface area contributed by atoms with Gasteiger partial charge in [-0.3, -0.25) is 4.79 Å². The number of nitrogens with one attached hydrogen (secondary N) is 1. The molecule has 0 radical (unpaired) electrons. The van der Waals surface area contributed by atoms with Gasteiger partial charge in [0.25, 0.3) is 0 Å². The zero-order valence-corrected chi connectivity index (χ0v) is 14.4. The standard InChI is InChI=1S/C19H27N3O/c1-14(23)16-9-10-17(12-20)18(11-16)21-13-19(22(2)3)15-7-5-4-6-8-15/h9-11,15,19,21H,4-8,13H2,1-3H3. The molecule has 1 unspecified atom stereocenters. The van der Waals surface area contributed by atoms with E-state index in [4.69, 9.17) is 0 Å². The van der Waals surface area contributed by atoms with Crippen LogP contribution in [-0.2, 0) is 0 Å². The number of rotatable bonds is 6. The summed E-state index contributed by atoms with van der Waals surface area (Å²) in [6.45, 7) is 2.35. The van der Waals surface area contributed by atoms with Crippen molar-refractivity contribution in [2.24, 2.45) is 5.92 Å². The molecule has 1 N–H and O–H groups in total. The molecule has 1 aromatic rings. The van der Waals surface area contributed by atoms with Crippen LogP contribution in [0.25, 0.3) is 0 Å². The Balaban J connectivity index is 2.12. The largest absolute Gasteiger partial charge is 0.382 e. The smallest absolute Gasteiger partial charge is 0.159 e. The number of carbonyl (C=O) groups excluding carboxylic acids is 1. The fraction of sp³-hybridized carbons (Fsp3) is 0.579. The van der Waals surface area contributed by atoms with Crippen molar-refractivity contribution in [2.45, 2.75) is 45.1 Å². The minimum atomic E-state index is 0.0222. The average molecular weight is 313 g/mol. The van der Waals surface area contributed by atoms with Crippen LogP contribution in [0.3, 0.4) is 0 Å². The lowest BCUT2D eigenvalue weighted by atomic mass is 9.83. The zero-order chi connectivity index (χ0) is 16.8. The van der Waals surface area contributed by atoms with Gasteiger partial charge in [-0.1, -0.05) is 19.3 Å². The summed E-state index contributed by atoms with van der Waals surface area (Å²) in [5.41, 5.74) is 2.00. The summed E-state index contributed by atoms with van der Waals surface area (Å²) in [6.07, 6.45) is 6.55. The number of nitrogens with zero attached hydrogens (tertiary/aromatic N) is 2. The minimum Gasteiger partial charge on any atom is -0.382 e. The van der Waals surface area contributed by atoms with Crippen LogP contribution in [0.15, 0.2) is 18.2 Å². The first-order valence-corrected chi connectivity index (χ1v) is 8.48. The normalized spacial score (nSPS) is 16.8. The van der Waals surface area contributed by atoms with E-state index < -0.39 is 0 Å². The summed E-state index contributed by atoms with van der Waals surface area (Å²) in [5.74, 6) is 0.724. The average Bonchev–Trinajstić information content (AvgIpc) is 2.55. The van der Waals surface area contributed by atoms with Crippen LogP contribution in [-0.4, -0.2) is 37.4 Å². The van der Waals surface area contributed by atoms with Gasteiger partial charge in [-0.05, 0) is 58.0 Å². The van der Waals surface area contributed by atoms with Gasteiger partial charge in [-0.15, -0.1) is 0 Å². The predicted octanol–water partition coefficient (Wildman–Crippen LogP) is 3.68. The number of carbonyl (C=O) groups is 1. The monoisotopic (exact) mass is 313 g/mol. The number of nitriles is 1. The van der Waals surface area contributed by atoms with Crippen LogP contribution in [0.2, 0.25) is 0 Å². The van der Waals surface area contributed by atoms with Crippen LogP contribution in [0.1, 0.15) is 54.9 Å². The first-order valence-electron chi connectivity index (χ1n) is 8.48. The van der Waals surface area contributed by atoms with Crippen molar-refractivity contribution in [3.63, 3.8) is 0 Å². The number of hydrogen-bond donors (Lipinski definition) is 1. The third-order valence-corrected chi connectivity index (χ3v) is 4.91. The highest BCUT2D eigenvalue weighted by Crippen LogP contribution is 2.29. The van der Waals surface area contributed by atoms with Crippen molar-refractivity contribution >= 4 is 11.5 Å². The number of benzene rings is 1. The Kier molecular flexibility index (Phi) is 6.18. The van der Waals surface area contributed by atoms with Crippen LogP contribution < -0.4 is 5.32 Å². The van der Waals surface area contributed by atoms with Crippen molar-refractivity contribution in [1.29, 1.82) is 5.26 Å². The summed E-state index contributed by atoms with van der Waals surface area (Å²) in [6, 6.07) is 7.90. The second kappa shape index (κ2) is 8.12. The Morgan fingerprint density at radius 3 is 2.61 bits per heavy atom. The number of hydrogen-bond acceptors (Lipinski definition) is 4. The summed E-state index contributed by atoms with van der Waals surface area (Å²) in [4.78, 5) is 13.9. The molecule has 0 saturated heterocycles. The molecule has 1 aliphatic carbocycles. The van der Waals surface area contributed by atoms with Crippen LogP contribution in [0.5, 0.6) is 0 Å². The van der Waals surface area contributed by atoms with Gasteiger partial charge in [-0.2, -0.15) is 5.26 Å². The second-order valence-electron chi connectivity index (χ2n) is 6.74. The van der Waals surface area contributed by atoms with Crippen molar-refractivity contribution in [3.05, 3.63) is 29.3 Å². The third-order valence-electron chi connectivity index (χ3n) is 4.91. The first-order chi connectivity index (χ1) is 11.0. The molecular formula is C19H27N3O. The molecule has 0 aromatic heterocycles. The third kappa shape index (κ3) is 4.56. The molecule has 2 rings (SSSR count). The highest BCUT2D eigenvalue weighted by Gasteiger charge is 2.25. The lowest BCUT2D eigenvalue weighted by Gasteiger charge is -2.35. The maximum absolute atomic E-state index is 11.6. The minimum absolute atomic E-state index is 0.0222. The molecule has 4 heteroatoms. The molecule has 1 aromatic carbocycles. The van der Waals surface area contributed by atoms with Gasteiger partial charge < -0.3 is 10.2 Å². The van der Waals surface area contributed by atoms with E-state index >= 15 is 0 Å². The molecule has 0 aliphatic heterocycles. The molecule has 1 atom stereocenters. The van der Waals surface area contributed by atoms with Crippen LogP contribution >= 0.6 is 0 Å². The van der Waals surface area contributed by atoms with E-state index in [0.29, 0.717) is 23.1 Å². The van der Waals surface area contributed by atoms with Gasteiger partial charge in [-0.25, -0.2) is 0 Å². The van der Waals surface area contributed by atoms with E-state index in [1.54, 1.807) is 25.1 Å². The van der Waals surface area contributed by atoms with Crippen LogP contribution in [0.4, 0.5) is 5.69 Å². The Morgan fingerprint density at radius 1 is 1.35 bits per heavy atom. The number of ketones is 1. The number of anilines is 1. The van der Waals surface area contributed by atoms with E-state index in [9.17, 15) is 10.1 Å². The molecule has 4 nitrogen and oxygen atoms in total. The molecule has 0 spiro atoms. The second-order valence-corrected chi connectivity index (χ2v) is 6.74. The highest BCUT2D eigenvalue weighted by molar-refractivity contribution is 5.95. The van der Waals surface area contributed by atoms with Crippen molar-refractivity contribution in [2.75, 3.05) is 26.0 Å². The van der Waals surface area contributed by atoms with Gasteiger partial charge in [0, 0.05) is 18.2 Å². The summed E-state index contributed by atoms with van der Waals surface area (Å²) in [7, 11) is 4.25. The molecular weight excluding hydrogens is 286 g/mol. The van der Waals surface area contributed by atoms with Crippen molar-refractivity contribution in [1.82, 2.24) is 4.90 Å². The quantitative estimate of drug-likeness (QED) is 0.814. The molecule has 124 valence electrons. The summed E-state index contributed by atoms with van der Waals surface area (Å²) < 4.78 is 0. The lowest BCUT2D eigenvalue weighted by Crippen LogP contribution is -2.41. The number of Topliss-reactive ketones (excluding diaryl/α,β-unsaturated/α-hetero) is 1. The van der Waals surface area contributed by atoms with E-state index in [-0.39, 0.29) is 5.78 Å². The SMILES string of the molecule is CC(=O)c1ccc(C#N)c(NCC(C2CCCCC2)N(C)C)c1. The summed E-state index contributed by atoms with van der Waals surface area (Å²) in [5, 5.41) is 12.7. The van der Waals surface area contributed by atoms with E-state index in [2.05, 4.69) is 30.4 Å². The van der Waals surface area contributed by atoms with E-state index in [1.807, 2.05) is 0 Å². The molecule has 0 amide bonds. The topological polar surface area (TPSA) is 56.1 Å². The number of likely N-dealkylation sites (N-methyl/N-ethyl adjacent to an activating group) is 1. The molecule has 1 saturated carbocycles. The molecule has 1 fully saturated rings. The molecule has 0 heterocycles. The van der Waals surface area contributed by atoms with E-state index in [0.717, 1.165) is 12.2 Å². The Bertz CT molecular complexity index is 583. The predicted molar refractivity (Wildman–Crippen MR) is 93.7 cm³/mol. The first kappa shape index (κ1) is 17.5. The maximum Gasteiger partial charge on any atom is 0.159 e. The fourth-order valence-electron chi connectivity index (χ4n) is 3.51. The van der Waals surface area contributed by atoms with Crippen molar-refractivity contribution < 1.29 is 4.79 Å². The Hall–Kier alpha value is -1.86. The van der Waals surface area contributed by atoms with Gasteiger partial charge in [0.2, 0.25) is 0 Å². The van der Waals surface area contributed by atoms with Gasteiger partial charge in [0.05, 0.1) is 11.3 Å². The zero-order valence-electron chi connectivity index (χ0n) is 14.4.